The summed E-state index contributed by atoms with van der Waals surface area (Å²) in [6.07, 6.45) is 4.99. The number of esters is 2. The number of nitrogens with zero attached hydrogens (tertiary/aromatic N) is 2. The largest absolute Gasteiger partial charge is 0.465 e. The van der Waals surface area contributed by atoms with E-state index in [1.165, 1.54) is 22.3 Å². The van der Waals surface area contributed by atoms with Crippen LogP contribution in [0.3, 0.4) is 0 Å². The topological polar surface area (TPSA) is 59.1 Å². The summed E-state index contributed by atoms with van der Waals surface area (Å²) in [6.45, 7) is 22.2. The van der Waals surface area contributed by atoms with Crippen LogP contribution in [0.2, 0.25) is 0 Å². The van der Waals surface area contributed by atoms with E-state index in [0.717, 1.165) is 83.8 Å². The van der Waals surface area contributed by atoms with Gasteiger partial charge in [-0.25, -0.2) is 0 Å². The fraction of sp³-hybridized carbons (Fsp3) is 0.387. The Morgan fingerprint density at radius 2 is 0.662 bits per heavy atom. The van der Waals surface area contributed by atoms with Crippen LogP contribution in [0, 0.1) is 49.4 Å². The van der Waals surface area contributed by atoms with Crippen molar-refractivity contribution in [2.45, 2.75) is 108 Å². The minimum Gasteiger partial charge on any atom is -0.465 e. The Balaban J connectivity index is 1.13. The molecule has 6 rings (SSSR count). The second kappa shape index (κ2) is 24.8. The molecule has 2 unspecified atom stereocenters. The highest BCUT2D eigenvalue weighted by atomic mass is 16.5. The van der Waals surface area contributed by atoms with E-state index < -0.39 is 0 Å². The van der Waals surface area contributed by atoms with Crippen LogP contribution in [0.1, 0.15) is 103 Å². The fourth-order valence-corrected chi connectivity index (χ4v) is 8.92. The van der Waals surface area contributed by atoms with E-state index in [1.807, 2.05) is 0 Å². The molecule has 0 heterocycles. The highest BCUT2D eigenvalue weighted by Gasteiger charge is 2.26. The molecule has 6 aromatic carbocycles. The van der Waals surface area contributed by atoms with Gasteiger partial charge in [0.15, 0.2) is 0 Å². The molecule has 358 valence electrons. The second-order valence-electron chi connectivity index (χ2n) is 20.3. The van der Waals surface area contributed by atoms with Gasteiger partial charge in [0, 0.05) is 34.1 Å². The minimum absolute atomic E-state index is 0.0476. The van der Waals surface area contributed by atoms with Crippen LogP contribution in [0.25, 0.3) is 11.1 Å². The van der Waals surface area contributed by atoms with E-state index in [4.69, 9.17) is 9.47 Å². The van der Waals surface area contributed by atoms with Crippen LogP contribution in [-0.4, -0.2) is 25.2 Å². The van der Waals surface area contributed by atoms with E-state index in [9.17, 15) is 9.59 Å². The van der Waals surface area contributed by atoms with Crippen LogP contribution in [-0.2, 0) is 31.9 Å². The first-order valence-corrected chi connectivity index (χ1v) is 25.1. The Morgan fingerprint density at radius 3 is 0.926 bits per heavy atom. The summed E-state index contributed by atoms with van der Waals surface area (Å²) in [7, 11) is 0. The molecule has 0 bridgehead atoms. The molecule has 6 heteroatoms. The number of carbonyl (C=O) groups is 2. The zero-order chi connectivity index (χ0) is 48.7. The lowest BCUT2D eigenvalue weighted by Gasteiger charge is -2.26. The van der Waals surface area contributed by atoms with Gasteiger partial charge >= 0.3 is 11.9 Å². The number of benzene rings is 6. The third kappa shape index (κ3) is 14.4. The highest BCUT2D eigenvalue weighted by Crippen LogP contribution is 2.39. The number of hydrogen-bond donors (Lipinski definition) is 0. The van der Waals surface area contributed by atoms with E-state index in [-0.39, 0.29) is 35.6 Å². The molecule has 68 heavy (non-hydrogen) atoms. The van der Waals surface area contributed by atoms with Crippen molar-refractivity contribution in [2.75, 3.05) is 23.0 Å². The normalized spacial score (nSPS) is 12.4. The van der Waals surface area contributed by atoms with Crippen molar-refractivity contribution in [3.8, 4) is 11.1 Å². The lowest BCUT2D eigenvalue weighted by Crippen LogP contribution is -2.24. The zero-order valence-corrected chi connectivity index (χ0v) is 42.5. The summed E-state index contributed by atoms with van der Waals surface area (Å²) in [5.41, 5.74) is 13.6. The number of anilines is 6. The SMILES string of the molecule is Cc1ccc(N(c2ccc(CCCOC(=O)C(CC(C)C)C(C)C)cc2)c2ccc(-c3ccc(N(c4ccc(C)cc4)c4ccc(CCCOC(=O)C(CC(C)C)C(C)C)cc4)cc3)cc2)cc1. The summed E-state index contributed by atoms with van der Waals surface area (Å²) < 4.78 is 11.5. The first kappa shape index (κ1) is 51.3. The van der Waals surface area contributed by atoms with Crippen molar-refractivity contribution in [1.29, 1.82) is 0 Å². The Bertz CT molecular complexity index is 2280. The van der Waals surface area contributed by atoms with Gasteiger partial charge < -0.3 is 19.3 Å². The monoisotopic (exact) mass is 913 g/mol. The fourth-order valence-electron chi connectivity index (χ4n) is 8.92. The van der Waals surface area contributed by atoms with Crippen molar-refractivity contribution < 1.29 is 19.1 Å². The molecule has 2 atom stereocenters. The minimum atomic E-state index is -0.0643. The smallest absolute Gasteiger partial charge is 0.309 e. The molecule has 0 N–H and O–H groups in total. The lowest BCUT2D eigenvalue weighted by molar-refractivity contribution is -0.151. The molecule has 6 nitrogen and oxygen atoms in total. The van der Waals surface area contributed by atoms with Crippen molar-refractivity contribution in [1.82, 2.24) is 0 Å². The first-order chi connectivity index (χ1) is 32.7. The highest BCUT2D eigenvalue weighted by molar-refractivity contribution is 5.81. The summed E-state index contributed by atoms with van der Waals surface area (Å²) in [5, 5.41) is 0. The number of hydrogen-bond acceptors (Lipinski definition) is 6. The molecule has 0 aliphatic rings. The number of rotatable bonds is 23. The van der Waals surface area contributed by atoms with Crippen LogP contribution in [0.15, 0.2) is 146 Å². The van der Waals surface area contributed by atoms with Crippen molar-refractivity contribution in [2.24, 2.45) is 35.5 Å². The van der Waals surface area contributed by atoms with Crippen LogP contribution < -0.4 is 9.80 Å². The Kier molecular flexibility index (Phi) is 18.7. The van der Waals surface area contributed by atoms with Gasteiger partial charge in [0.2, 0.25) is 0 Å². The van der Waals surface area contributed by atoms with Gasteiger partial charge in [-0.1, -0.05) is 139 Å². The first-order valence-electron chi connectivity index (χ1n) is 25.1. The lowest BCUT2D eigenvalue weighted by atomic mass is 9.88. The van der Waals surface area contributed by atoms with E-state index in [0.29, 0.717) is 25.0 Å². The van der Waals surface area contributed by atoms with E-state index >= 15 is 0 Å². The van der Waals surface area contributed by atoms with Gasteiger partial charge in [-0.2, -0.15) is 0 Å². The van der Waals surface area contributed by atoms with Gasteiger partial charge in [-0.15, -0.1) is 0 Å². The van der Waals surface area contributed by atoms with E-state index in [2.05, 4.69) is 225 Å². The zero-order valence-electron chi connectivity index (χ0n) is 42.5. The second-order valence-corrected chi connectivity index (χ2v) is 20.3. The predicted molar refractivity (Wildman–Crippen MR) is 285 cm³/mol. The molecule has 0 aliphatic heterocycles. The maximum absolute atomic E-state index is 12.8. The van der Waals surface area contributed by atoms with Crippen LogP contribution in [0.4, 0.5) is 34.1 Å². The van der Waals surface area contributed by atoms with E-state index in [1.54, 1.807) is 0 Å². The van der Waals surface area contributed by atoms with Crippen LogP contribution >= 0.6 is 0 Å². The molecule has 0 aromatic heterocycles. The van der Waals surface area contributed by atoms with Gasteiger partial charge in [-0.05, 0) is 171 Å². The third-order valence-electron chi connectivity index (χ3n) is 12.9. The molecule has 0 radical (unpaired) electrons. The molecular weight excluding hydrogens is 837 g/mol. The third-order valence-corrected chi connectivity index (χ3v) is 12.9. The standard InChI is InChI=1S/C62H76N2O4/c1-43(2)41-59(45(5)6)61(65)67-39-11-13-49-19-31-55(32-20-49)63(53-27-15-47(9)16-28-53)57-35-23-51(24-36-57)52-25-37-58(38-26-52)64(54-29-17-48(10)18-30-54)56-33-21-50(22-34-56)14-12-40-68-62(66)60(46(7)8)42-44(3)4/h15-38,43-46,59-60H,11-14,39-42H2,1-10H3. The Morgan fingerprint density at radius 1 is 0.397 bits per heavy atom. The van der Waals surface area contributed by atoms with Gasteiger partial charge in [0.25, 0.3) is 0 Å². The molecule has 0 amide bonds. The number of carbonyl (C=O) groups excluding carboxylic acids is 2. The number of ether oxygens (including phenoxy) is 2. The summed E-state index contributed by atoms with van der Waals surface area (Å²) in [4.78, 5) is 30.3. The van der Waals surface area contributed by atoms with Crippen LogP contribution in [0.5, 0.6) is 0 Å². The maximum Gasteiger partial charge on any atom is 0.309 e. The molecule has 0 fully saturated rings. The molecule has 0 saturated carbocycles. The summed E-state index contributed by atoms with van der Waals surface area (Å²) in [5.74, 6) is 1.25. The van der Waals surface area contributed by atoms with Gasteiger partial charge in [0.1, 0.15) is 0 Å². The molecule has 0 saturated heterocycles. The summed E-state index contributed by atoms with van der Waals surface area (Å²) in [6, 6.07) is 52.5. The number of aryl methyl sites for hydroxylation is 4. The van der Waals surface area contributed by atoms with Crippen molar-refractivity contribution >= 4 is 46.1 Å². The average Bonchev–Trinajstić information content (AvgIpc) is 3.32. The molecule has 0 spiro atoms. The van der Waals surface area contributed by atoms with Gasteiger partial charge in [0.05, 0.1) is 25.0 Å². The Hall–Kier alpha value is -6.14. The van der Waals surface area contributed by atoms with Gasteiger partial charge in [-0.3, -0.25) is 9.59 Å². The maximum atomic E-state index is 12.8. The Labute approximate surface area is 408 Å². The molecule has 0 aliphatic carbocycles. The molecular formula is C62H76N2O4. The van der Waals surface area contributed by atoms with Crippen molar-refractivity contribution in [3.63, 3.8) is 0 Å². The predicted octanol–water partition coefficient (Wildman–Crippen LogP) is 16.5. The average molecular weight is 913 g/mol. The molecule has 6 aromatic rings. The van der Waals surface area contributed by atoms with Crippen molar-refractivity contribution in [3.05, 3.63) is 168 Å². The summed E-state index contributed by atoms with van der Waals surface area (Å²) >= 11 is 0. The quantitative estimate of drug-likeness (QED) is 0.0471.